The molecule has 0 aliphatic heterocycles. The minimum Gasteiger partial charge on any atom is -0.493 e. The second-order valence-electron chi connectivity index (χ2n) is 6.44. The van der Waals surface area contributed by atoms with Gasteiger partial charge in [0.15, 0.2) is 11.5 Å². The summed E-state index contributed by atoms with van der Waals surface area (Å²) in [6.07, 6.45) is 1.48. The summed E-state index contributed by atoms with van der Waals surface area (Å²) in [5.41, 5.74) is 2.68. The van der Waals surface area contributed by atoms with Crippen molar-refractivity contribution in [2.75, 3.05) is 32.0 Å². The van der Waals surface area contributed by atoms with Crippen LogP contribution in [0.1, 0.15) is 0 Å². The molecule has 0 fully saturated rings. The van der Waals surface area contributed by atoms with E-state index in [2.05, 4.69) is 25.6 Å². The highest BCUT2D eigenvalue weighted by atomic mass is 16.5. The van der Waals surface area contributed by atoms with E-state index in [-0.39, 0.29) is 0 Å². The number of imidazole rings is 1. The first-order chi connectivity index (χ1) is 14.6. The molecule has 0 spiro atoms. The predicted octanol–water partition coefficient (Wildman–Crippen LogP) is 3.88. The van der Waals surface area contributed by atoms with Crippen molar-refractivity contribution in [1.29, 1.82) is 0 Å². The average molecular weight is 406 g/mol. The second-order valence-corrected chi connectivity index (χ2v) is 6.44. The summed E-state index contributed by atoms with van der Waals surface area (Å²) in [5.74, 6) is 3.52. The zero-order valence-electron chi connectivity index (χ0n) is 17.1. The van der Waals surface area contributed by atoms with E-state index in [1.165, 1.54) is 6.33 Å². The van der Waals surface area contributed by atoms with Crippen LogP contribution in [0.25, 0.3) is 11.0 Å². The Hall–Kier alpha value is -4.01. The van der Waals surface area contributed by atoms with E-state index in [1.807, 2.05) is 48.0 Å². The second kappa shape index (κ2) is 8.16. The fourth-order valence-corrected chi connectivity index (χ4v) is 3.17. The zero-order valence-corrected chi connectivity index (χ0v) is 17.1. The first kappa shape index (κ1) is 19.3. The smallest absolute Gasteiger partial charge is 0.209 e. The fourth-order valence-electron chi connectivity index (χ4n) is 3.17. The molecule has 9 heteroatoms. The van der Waals surface area contributed by atoms with Crippen LogP contribution in [0.2, 0.25) is 0 Å². The van der Waals surface area contributed by atoms with E-state index in [0.717, 1.165) is 16.7 Å². The Bertz CT molecular complexity index is 1170. The van der Waals surface area contributed by atoms with Gasteiger partial charge in [-0.25, -0.2) is 15.0 Å². The normalized spacial score (nSPS) is 10.7. The lowest BCUT2D eigenvalue weighted by atomic mass is 10.2. The van der Waals surface area contributed by atoms with Gasteiger partial charge in [-0.1, -0.05) is 12.1 Å². The van der Waals surface area contributed by atoms with E-state index in [1.54, 1.807) is 27.4 Å². The van der Waals surface area contributed by atoms with E-state index in [9.17, 15) is 0 Å². The lowest BCUT2D eigenvalue weighted by Crippen LogP contribution is -2.03. The zero-order chi connectivity index (χ0) is 21.1. The van der Waals surface area contributed by atoms with Crippen molar-refractivity contribution >= 4 is 34.3 Å². The minimum atomic E-state index is 0.525. The van der Waals surface area contributed by atoms with Crippen LogP contribution in [-0.2, 0) is 7.05 Å². The number of fused-ring (bicyclic) bond motifs is 1. The van der Waals surface area contributed by atoms with Crippen LogP contribution < -0.4 is 24.8 Å². The van der Waals surface area contributed by atoms with Gasteiger partial charge in [-0.05, 0) is 12.1 Å². The van der Waals surface area contributed by atoms with Gasteiger partial charge in [0.2, 0.25) is 11.7 Å². The van der Waals surface area contributed by atoms with Crippen LogP contribution in [0.15, 0.2) is 48.8 Å². The highest BCUT2D eigenvalue weighted by Crippen LogP contribution is 2.40. The molecule has 4 aromatic rings. The molecule has 0 saturated heterocycles. The van der Waals surface area contributed by atoms with E-state index in [4.69, 9.17) is 14.2 Å². The summed E-state index contributed by atoms with van der Waals surface area (Å²) in [4.78, 5) is 13.2. The first-order valence-corrected chi connectivity index (χ1v) is 9.20. The van der Waals surface area contributed by atoms with Crippen molar-refractivity contribution in [3.63, 3.8) is 0 Å². The molecular weight excluding hydrogens is 384 g/mol. The van der Waals surface area contributed by atoms with Crippen LogP contribution in [0.3, 0.4) is 0 Å². The first-order valence-electron chi connectivity index (χ1n) is 9.20. The van der Waals surface area contributed by atoms with E-state index in [0.29, 0.717) is 34.8 Å². The van der Waals surface area contributed by atoms with Crippen LogP contribution >= 0.6 is 0 Å². The quantitative estimate of drug-likeness (QED) is 0.477. The molecule has 2 heterocycles. The molecule has 0 radical (unpaired) electrons. The molecule has 0 bridgehead atoms. The van der Waals surface area contributed by atoms with Gasteiger partial charge >= 0.3 is 0 Å². The van der Waals surface area contributed by atoms with Crippen molar-refractivity contribution in [3.8, 4) is 17.2 Å². The summed E-state index contributed by atoms with van der Waals surface area (Å²) in [6.45, 7) is 0. The van der Waals surface area contributed by atoms with Crippen molar-refractivity contribution in [2.24, 2.45) is 7.05 Å². The topological polar surface area (TPSA) is 95.4 Å². The molecule has 30 heavy (non-hydrogen) atoms. The van der Waals surface area contributed by atoms with Gasteiger partial charge in [0.25, 0.3) is 0 Å². The number of ether oxygens (including phenoxy) is 3. The van der Waals surface area contributed by atoms with Gasteiger partial charge in [0.05, 0.1) is 32.4 Å². The van der Waals surface area contributed by atoms with Gasteiger partial charge in [-0.15, -0.1) is 0 Å². The molecule has 0 aliphatic carbocycles. The number of methoxy groups -OCH3 is 3. The Morgan fingerprint density at radius 3 is 2.13 bits per heavy atom. The molecule has 0 unspecified atom stereocenters. The minimum absolute atomic E-state index is 0.525. The summed E-state index contributed by atoms with van der Waals surface area (Å²) < 4.78 is 18.1. The molecule has 0 aliphatic rings. The van der Waals surface area contributed by atoms with Crippen molar-refractivity contribution < 1.29 is 14.2 Å². The molecule has 0 saturated carbocycles. The number of nitrogens with one attached hydrogen (secondary N) is 2. The number of para-hydroxylation sites is 2. The van der Waals surface area contributed by atoms with Crippen molar-refractivity contribution in [3.05, 3.63) is 48.8 Å². The number of nitrogens with zero attached hydrogens (tertiary/aromatic N) is 4. The number of aryl methyl sites for hydroxylation is 1. The number of hydrogen-bond donors (Lipinski definition) is 2. The summed E-state index contributed by atoms with van der Waals surface area (Å²) in [5, 5.41) is 6.48. The number of rotatable bonds is 7. The molecule has 154 valence electrons. The molecule has 9 nitrogen and oxygen atoms in total. The maximum absolute atomic E-state index is 5.40. The highest BCUT2D eigenvalue weighted by molar-refractivity contribution is 5.79. The molecule has 0 amide bonds. The van der Waals surface area contributed by atoms with Gasteiger partial charge < -0.3 is 29.4 Å². The van der Waals surface area contributed by atoms with Crippen LogP contribution in [0, 0.1) is 0 Å². The van der Waals surface area contributed by atoms with Crippen LogP contribution in [0.4, 0.5) is 23.3 Å². The Balaban J connectivity index is 1.60. The van der Waals surface area contributed by atoms with E-state index >= 15 is 0 Å². The molecule has 4 rings (SSSR count). The van der Waals surface area contributed by atoms with Gasteiger partial charge in [-0.3, -0.25) is 0 Å². The average Bonchev–Trinajstić information content (AvgIpc) is 3.08. The summed E-state index contributed by atoms with van der Waals surface area (Å²) in [6, 6.07) is 13.3. The SMILES string of the molecule is COc1cc(Nc2cc(Nc3nc4ccccc4n3C)ncn2)cc(OC)c1OC. The third-order valence-electron chi connectivity index (χ3n) is 4.63. The third kappa shape index (κ3) is 3.64. The van der Waals surface area contributed by atoms with Crippen LogP contribution in [-0.4, -0.2) is 40.8 Å². The maximum Gasteiger partial charge on any atom is 0.209 e. The lowest BCUT2D eigenvalue weighted by molar-refractivity contribution is 0.324. The van der Waals surface area contributed by atoms with Gasteiger partial charge in [0.1, 0.15) is 18.0 Å². The molecule has 0 atom stereocenters. The van der Waals surface area contributed by atoms with E-state index < -0.39 is 0 Å². The number of hydrogen-bond acceptors (Lipinski definition) is 8. The van der Waals surface area contributed by atoms with Crippen molar-refractivity contribution in [2.45, 2.75) is 0 Å². The molecule has 2 aromatic carbocycles. The molecule has 2 aromatic heterocycles. The number of benzene rings is 2. The largest absolute Gasteiger partial charge is 0.493 e. The third-order valence-corrected chi connectivity index (χ3v) is 4.63. The fraction of sp³-hybridized carbons (Fsp3) is 0.190. The standard InChI is InChI=1S/C21H22N6O3/c1-27-15-8-6-5-7-14(15)25-21(27)26-19-11-18(22-12-23-19)24-13-9-16(28-2)20(30-4)17(10-13)29-3/h5-12H,1-4H3,(H2,22,23,24,25,26). The summed E-state index contributed by atoms with van der Waals surface area (Å²) in [7, 11) is 6.67. The van der Waals surface area contributed by atoms with Gasteiger partial charge in [0, 0.05) is 30.9 Å². The molecule has 2 N–H and O–H groups in total. The van der Waals surface area contributed by atoms with Crippen LogP contribution in [0.5, 0.6) is 17.2 Å². The Morgan fingerprint density at radius 2 is 1.50 bits per heavy atom. The Kier molecular flexibility index (Phi) is 5.25. The monoisotopic (exact) mass is 406 g/mol. The van der Waals surface area contributed by atoms with Gasteiger partial charge in [-0.2, -0.15) is 0 Å². The Labute approximate surface area is 173 Å². The maximum atomic E-state index is 5.40. The lowest BCUT2D eigenvalue weighted by Gasteiger charge is -2.15. The number of aromatic nitrogens is 4. The number of anilines is 4. The highest BCUT2D eigenvalue weighted by Gasteiger charge is 2.14. The molecular formula is C21H22N6O3. The summed E-state index contributed by atoms with van der Waals surface area (Å²) >= 11 is 0. The Morgan fingerprint density at radius 1 is 0.833 bits per heavy atom. The van der Waals surface area contributed by atoms with Crippen molar-refractivity contribution in [1.82, 2.24) is 19.5 Å². The predicted molar refractivity (Wildman–Crippen MR) is 115 cm³/mol.